The molecule has 3 aromatic rings. The fraction of sp³-hybridized carbons (Fsp3) is 0.167. The van der Waals surface area contributed by atoms with E-state index in [0.29, 0.717) is 17.8 Å². The topological polar surface area (TPSA) is 34.0 Å². The van der Waals surface area contributed by atoms with Gasteiger partial charge in [-0.15, -0.1) is 0 Å². The van der Waals surface area contributed by atoms with Gasteiger partial charge in [0.05, 0.1) is 0 Å². The molecule has 0 fully saturated rings. The lowest BCUT2D eigenvalue weighted by Crippen LogP contribution is -2.13. The monoisotopic (exact) mass is 332 g/mol. The molecular weight excluding hydrogens is 317 g/mol. The number of nitrogens with one attached hydrogen (secondary N) is 1. The predicted molar refractivity (Wildman–Crippen MR) is 86.5 cm³/mol. The summed E-state index contributed by atoms with van der Waals surface area (Å²) >= 11 is 0. The van der Waals surface area contributed by atoms with Gasteiger partial charge in [0.2, 0.25) is 0 Å². The van der Waals surface area contributed by atoms with Crippen LogP contribution in [0.15, 0.2) is 42.6 Å². The molecular formula is C18H15F3N2O. The molecule has 0 radical (unpaired) electrons. The molecule has 124 valence electrons. The van der Waals surface area contributed by atoms with Crippen molar-refractivity contribution in [2.75, 3.05) is 5.32 Å². The average Bonchev–Trinajstić information content (AvgIpc) is 2.95. The first-order valence-electron chi connectivity index (χ1n) is 7.54. The van der Waals surface area contributed by atoms with Crippen molar-refractivity contribution >= 4 is 22.5 Å². The van der Waals surface area contributed by atoms with E-state index in [1.54, 1.807) is 12.1 Å². The zero-order valence-electron chi connectivity index (χ0n) is 12.9. The Morgan fingerprint density at radius 2 is 1.79 bits per heavy atom. The molecule has 1 amide bonds. The number of aryl methyl sites for hydroxylation is 1. The molecule has 0 bridgehead atoms. The van der Waals surface area contributed by atoms with Gasteiger partial charge in [-0.2, -0.15) is 0 Å². The molecule has 0 saturated carbocycles. The quantitative estimate of drug-likeness (QED) is 0.689. The van der Waals surface area contributed by atoms with Crippen LogP contribution in [0, 0.1) is 17.5 Å². The summed E-state index contributed by atoms with van der Waals surface area (Å²) in [6.45, 7) is 2.98. The highest BCUT2D eigenvalue weighted by molar-refractivity contribution is 6.05. The second kappa shape index (κ2) is 6.39. The number of carbonyl (C=O) groups excluding carboxylic acids is 1. The largest absolute Gasteiger partial charge is 0.347 e. The second-order valence-electron chi connectivity index (χ2n) is 5.49. The maximum Gasteiger partial charge on any atom is 0.255 e. The van der Waals surface area contributed by atoms with Crippen molar-refractivity contribution in [3.05, 3.63) is 65.6 Å². The number of halogens is 3. The van der Waals surface area contributed by atoms with Gasteiger partial charge < -0.3 is 9.88 Å². The summed E-state index contributed by atoms with van der Waals surface area (Å²) in [7, 11) is 0. The third-order valence-corrected chi connectivity index (χ3v) is 3.74. The Labute approximate surface area is 136 Å². The normalized spacial score (nSPS) is 11.0. The molecule has 0 unspecified atom stereocenters. The highest BCUT2D eigenvalue weighted by Crippen LogP contribution is 2.22. The molecule has 6 heteroatoms. The highest BCUT2D eigenvalue weighted by Gasteiger charge is 2.15. The molecule has 2 aromatic carbocycles. The van der Waals surface area contributed by atoms with E-state index in [1.165, 1.54) is 0 Å². The molecule has 0 aliphatic carbocycles. The van der Waals surface area contributed by atoms with Crippen molar-refractivity contribution in [2.45, 2.75) is 19.9 Å². The summed E-state index contributed by atoms with van der Waals surface area (Å²) in [5, 5.41) is 3.50. The van der Waals surface area contributed by atoms with E-state index in [9.17, 15) is 18.0 Å². The van der Waals surface area contributed by atoms with E-state index in [-0.39, 0.29) is 5.56 Å². The molecule has 0 aliphatic rings. The van der Waals surface area contributed by atoms with Gasteiger partial charge in [0.15, 0.2) is 17.5 Å². The molecule has 24 heavy (non-hydrogen) atoms. The van der Waals surface area contributed by atoms with Gasteiger partial charge >= 0.3 is 0 Å². The zero-order valence-corrected chi connectivity index (χ0v) is 12.9. The number of hydrogen-bond acceptors (Lipinski definition) is 1. The summed E-state index contributed by atoms with van der Waals surface area (Å²) in [6, 6.07) is 8.62. The SMILES string of the molecule is CCCn1ccc2cc(NC(=O)c3cc(F)c(F)c(F)c3)ccc21. The van der Waals surface area contributed by atoms with Gasteiger partial charge in [-0.1, -0.05) is 6.92 Å². The van der Waals surface area contributed by atoms with Crippen LogP contribution in [0.1, 0.15) is 23.7 Å². The molecule has 0 atom stereocenters. The Bertz CT molecular complexity index is 895. The van der Waals surface area contributed by atoms with Gasteiger partial charge in [0.1, 0.15) is 0 Å². The van der Waals surface area contributed by atoms with Crippen LogP contribution in [-0.4, -0.2) is 10.5 Å². The summed E-state index contributed by atoms with van der Waals surface area (Å²) < 4.78 is 41.5. The third-order valence-electron chi connectivity index (χ3n) is 3.74. The molecule has 3 rings (SSSR count). The summed E-state index contributed by atoms with van der Waals surface area (Å²) in [4.78, 5) is 12.1. The van der Waals surface area contributed by atoms with Crippen molar-refractivity contribution in [1.29, 1.82) is 0 Å². The first-order valence-corrected chi connectivity index (χ1v) is 7.54. The Morgan fingerprint density at radius 3 is 2.46 bits per heavy atom. The third kappa shape index (κ3) is 2.99. The van der Waals surface area contributed by atoms with E-state index < -0.39 is 23.4 Å². The maximum absolute atomic E-state index is 13.2. The highest BCUT2D eigenvalue weighted by atomic mass is 19.2. The number of rotatable bonds is 4. The molecule has 0 spiro atoms. The maximum atomic E-state index is 13.2. The molecule has 3 nitrogen and oxygen atoms in total. The van der Waals surface area contributed by atoms with Gasteiger partial charge in [0.25, 0.3) is 5.91 Å². The minimum atomic E-state index is -1.59. The van der Waals surface area contributed by atoms with E-state index in [2.05, 4.69) is 16.8 Å². The van der Waals surface area contributed by atoms with Crippen LogP contribution in [0.3, 0.4) is 0 Å². The Morgan fingerprint density at radius 1 is 1.08 bits per heavy atom. The van der Waals surface area contributed by atoms with Crippen LogP contribution >= 0.6 is 0 Å². The smallest absolute Gasteiger partial charge is 0.255 e. The zero-order chi connectivity index (χ0) is 17.3. The standard InChI is InChI=1S/C18H15F3N2O/c1-2-6-23-7-5-11-8-13(3-4-16(11)23)22-18(24)12-9-14(19)17(21)15(20)10-12/h3-5,7-10H,2,6H2,1H3,(H,22,24). The average molecular weight is 332 g/mol. The number of hydrogen-bond donors (Lipinski definition) is 1. The van der Waals surface area contributed by atoms with Crippen molar-refractivity contribution in [3.8, 4) is 0 Å². The van der Waals surface area contributed by atoms with Gasteiger partial charge in [-0.05, 0) is 42.8 Å². The molecule has 0 saturated heterocycles. The number of carbonyl (C=O) groups is 1. The molecule has 0 aliphatic heterocycles. The van der Waals surface area contributed by atoms with Crippen LogP contribution in [0.5, 0.6) is 0 Å². The molecule has 1 aromatic heterocycles. The lowest BCUT2D eigenvalue weighted by Gasteiger charge is -2.08. The van der Waals surface area contributed by atoms with Crippen molar-refractivity contribution in [3.63, 3.8) is 0 Å². The predicted octanol–water partition coefficient (Wildman–Crippen LogP) is 4.72. The van der Waals surface area contributed by atoms with Gasteiger partial charge in [-0.3, -0.25) is 4.79 Å². The molecule has 1 N–H and O–H groups in total. The van der Waals surface area contributed by atoms with Crippen molar-refractivity contribution in [2.24, 2.45) is 0 Å². The van der Waals surface area contributed by atoms with Crippen LogP contribution in [0.2, 0.25) is 0 Å². The van der Waals surface area contributed by atoms with Crippen molar-refractivity contribution in [1.82, 2.24) is 4.57 Å². The number of aromatic nitrogens is 1. The molecule has 1 heterocycles. The summed E-state index contributed by atoms with van der Waals surface area (Å²) in [5.41, 5.74) is 1.25. The fourth-order valence-electron chi connectivity index (χ4n) is 2.60. The first kappa shape index (κ1) is 16.1. The number of amides is 1. The van der Waals surface area contributed by atoms with E-state index in [4.69, 9.17) is 0 Å². The van der Waals surface area contributed by atoms with Crippen LogP contribution in [-0.2, 0) is 6.54 Å². The Hall–Kier alpha value is -2.76. The fourth-order valence-corrected chi connectivity index (χ4v) is 2.60. The van der Waals surface area contributed by atoms with Gasteiger partial charge in [0, 0.05) is 34.9 Å². The van der Waals surface area contributed by atoms with Crippen LogP contribution in [0.25, 0.3) is 10.9 Å². The number of anilines is 1. The Kier molecular flexibility index (Phi) is 4.29. The minimum absolute atomic E-state index is 0.282. The summed E-state index contributed by atoms with van der Waals surface area (Å²) in [5.74, 6) is -5.09. The van der Waals surface area contributed by atoms with E-state index >= 15 is 0 Å². The lowest BCUT2D eigenvalue weighted by molar-refractivity contribution is 0.102. The van der Waals surface area contributed by atoms with Crippen molar-refractivity contribution < 1.29 is 18.0 Å². The van der Waals surface area contributed by atoms with E-state index in [1.807, 2.05) is 18.3 Å². The number of benzene rings is 2. The second-order valence-corrected chi connectivity index (χ2v) is 5.49. The minimum Gasteiger partial charge on any atom is -0.347 e. The number of fused-ring (bicyclic) bond motifs is 1. The first-order chi connectivity index (χ1) is 11.5. The number of nitrogens with zero attached hydrogens (tertiary/aromatic N) is 1. The van der Waals surface area contributed by atoms with Crippen LogP contribution < -0.4 is 5.32 Å². The summed E-state index contributed by atoms with van der Waals surface area (Å²) in [6.07, 6.45) is 2.97. The van der Waals surface area contributed by atoms with Gasteiger partial charge in [-0.25, -0.2) is 13.2 Å². The lowest BCUT2D eigenvalue weighted by atomic mass is 10.1. The Balaban J connectivity index is 1.85. The van der Waals surface area contributed by atoms with Crippen LogP contribution in [0.4, 0.5) is 18.9 Å². The van der Waals surface area contributed by atoms with E-state index in [0.717, 1.165) is 23.9 Å².